The van der Waals surface area contributed by atoms with Gasteiger partial charge in [-0.15, -0.1) is 0 Å². The Kier molecular flexibility index (Phi) is 9.09. The van der Waals surface area contributed by atoms with Crippen molar-refractivity contribution in [3.05, 3.63) is 77.4 Å². The van der Waals surface area contributed by atoms with E-state index in [0.29, 0.717) is 18.8 Å². The number of benzene rings is 2. The number of ether oxygens (including phenoxy) is 2. The largest absolute Gasteiger partial charge is 0.488 e. The van der Waals surface area contributed by atoms with Crippen molar-refractivity contribution in [2.75, 3.05) is 13.2 Å². The van der Waals surface area contributed by atoms with Gasteiger partial charge in [0, 0.05) is 37.2 Å². The van der Waals surface area contributed by atoms with Gasteiger partial charge in [0.15, 0.2) is 11.5 Å². The van der Waals surface area contributed by atoms with E-state index in [1.54, 1.807) is 0 Å². The number of nitrogens with one attached hydrogen (secondary N) is 1. The minimum atomic E-state index is -1.26. The SMILES string of the molecule is CC1(C)Cc2cccc(OCCNCc3cccc(C4=CCCC4)c3)c2O1.O=C(O)/C=C/C(=O)O. The first-order valence-corrected chi connectivity index (χ1v) is 11.8. The molecule has 0 saturated carbocycles. The first-order valence-electron chi connectivity index (χ1n) is 11.8. The summed E-state index contributed by atoms with van der Waals surface area (Å²) in [5.41, 5.74) is 5.30. The number of carboxylic acids is 2. The van der Waals surface area contributed by atoms with Gasteiger partial charge in [0.2, 0.25) is 0 Å². The lowest BCUT2D eigenvalue weighted by Gasteiger charge is -2.18. The molecule has 186 valence electrons. The minimum absolute atomic E-state index is 0.139. The third-order valence-electron chi connectivity index (χ3n) is 5.63. The second-order valence-electron chi connectivity index (χ2n) is 9.14. The van der Waals surface area contributed by atoms with Crippen LogP contribution in [0.25, 0.3) is 5.57 Å². The van der Waals surface area contributed by atoms with Crippen LogP contribution < -0.4 is 14.8 Å². The van der Waals surface area contributed by atoms with E-state index in [9.17, 15) is 9.59 Å². The van der Waals surface area contributed by atoms with E-state index in [0.717, 1.165) is 31.0 Å². The number of para-hydroxylation sites is 1. The van der Waals surface area contributed by atoms with E-state index in [1.807, 2.05) is 6.07 Å². The van der Waals surface area contributed by atoms with Gasteiger partial charge in [-0.3, -0.25) is 0 Å². The van der Waals surface area contributed by atoms with E-state index in [-0.39, 0.29) is 5.60 Å². The molecule has 7 nitrogen and oxygen atoms in total. The van der Waals surface area contributed by atoms with Gasteiger partial charge in [-0.2, -0.15) is 0 Å². The molecule has 1 heterocycles. The van der Waals surface area contributed by atoms with Crippen LogP contribution in [0.4, 0.5) is 0 Å². The quantitative estimate of drug-likeness (QED) is 0.349. The predicted octanol–water partition coefficient (Wildman–Crippen LogP) is 4.85. The van der Waals surface area contributed by atoms with Gasteiger partial charge in [-0.1, -0.05) is 42.5 Å². The molecule has 0 unspecified atom stereocenters. The number of aliphatic carboxylic acids is 2. The van der Waals surface area contributed by atoms with Crippen LogP contribution in [-0.2, 0) is 22.6 Å². The average Bonchev–Trinajstić information content (AvgIpc) is 3.45. The zero-order chi connectivity index (χ0) is 25.3. The van der Waals surface area contributed by atoms with Gasteiger partial charge >= 0.3 is 11.9 Å². The van der Waals surface area contributed by atoms with Crippen LogP contribution in [0.2, 0.25) is 0 Å². The lowest BCUT2D eigenvalue weighted by molar-refractivity contribution is -0.134. The zero-order valence-electron chi connectivity index (χ0n) is 20.3. The Bertz CT molecular complexity index is 1090. The molecule has 1 aliphatic heterocycles. The molecule has 2 aromatic carbocycles. The molecule has 0 aromatic heterocycles. The highest BCUT2D eigenvalue weighted by molar-refractivity contribution is 5.89. The smallest absolute Gasteiger partial charge is 0.328 e. The molecule has 1 aliphatic carbocycles. The van der Waals surface area contributed by atoms with E-state index in [2.05, 4.69) is 61.6 Å². The highest BCUT2D eigenvalue weighted by Crippen LogP contribution is 2.41. The number of allylic oxidation sites excluding steroid dienone is 2. The van der Waals surface area contributed by atoms with Crippen LogP contribution in [0, 0.1) is 0 Å². The van der Waals surface area contributed by atoms with Crippen LogP contribution in [0.1, 0.15) is 49.8 Å². The molecule has 0 saturated heterocycles. The van der Waals surface area contributed by atoms with E-state index in [4.69, 9.17) is 19.7 Å². The van der Waals surface area contributed by atoms with Crippen LogP contribution in [0.15, 0.2) is 60.7 Å². The maximum Gasteiger partial charge on any atom is 0.328 e. The fraction of sp³-hybridized carbons (Fsp3) is 0.357. The van der Waals surface area contributed by atoms with Gasteiger partial charge < -0.3 is 25.0 Å². The van der Waals surface area contributed by atoms with E-state index >= 15 is 0 Å². The van der Waals surface area contributed by atoms with Crippen LogP contribution >= 0.6 is 0 Å². The maximum absolute atomic E-state index is 9.55. The van der Waals surface area contributed by atoms with Gasteiger partial charge in [0.1, 0.15) is 12.2 Å². The number of carboxylic acid groups (broad SMARTS) is 2. The van der Waals surface area contributed by atoms with Crippen LogP contribution in [-0.4, -0.2) is 40.9 Å². The highest BCUT2D eigenvalue weighted by atomic mass is 16.5. The lowest BCUT2D eigenvalue weighted by Crippen LogP contribution is -2.25. The Balaban J connectivity index is 0.000000371. The molecule has 0 radical (unpaired) electrons. The molecular formula is C28H33NO6. The van der Waals surface area contributed by atoms with Crippen molar-refractivity contribution in [1.82, 2.24) is 5.32 Å². The molecule has 0 fully saturated rings. The summed E-state index contributed by atoms with van der Waals surface area (Å²) >= 11 is 0. The highest BCUT2D eigenvalue weighted by Gasteiger charge is 2.32. The molecule has 0 atom stereocenters. The molecular weight excluding hydrogens is 446 g/mol. The van der Waals surface area contributed by atoms with Crippen molar-refractivity contribution in [2.24, 2.45) is 0 Å². The fourth-order valence-electron chi connectivity index (χ4n) is 4.12. The van der Waals surface area contributed by atoms with Crippen LogP contribution in [0.5, 0.6) is 11.5 Å². The minimum Gasteiger partial charge on any atom is -0.488 e. The fourth-order valence-corrected chi connectivity index (χ4v) is 4.12. The summed E-state index contributed by atoms with van der Waals surface area (Å²) in [6, 6.07) is 15.1. The lowest BCUT2D eigenvalue weighted by atomic mass is 10.0. The van der Waals surface area contributed by atoms with Gasteiger partial charge in [-0.25, -0.2) is 9.59 Å². The number of hydrogen-bond acceptors (Lipinski definition) is 5. The number of fused-ring (bicyclic) bond motifs is 1. The van der Waals surface area contributed by atoms with Crippen molar-refractivity contribution >= 4 is 17.5 Å². The van der Waals surface area contributed by atoms with Crippen LogP contribution in [0.3, 0.4) is 0 Å². The summed E-state index contributed by atoms with van der Waals surface area (Å²) in [4.78, 5) is 19.1. The zero-order valence-corrected chi connectivity index (χ0v) is 20.3. The summed E-state index contributed by atoms with van der Waals surface area (Å²) in [5.74, 6) is -0.741. The van der Waals surface area contributed by atoms with Gasteiger partial charge in [0.05, 0.1) is 0 Å². The maximum atomic E-state index is 9.55. The molecule has 4 rings (SSSR count). The summed E-state index contributed by atoms with van der Waals surface area (Å²) in [6.45, 7) is 6.54. The van der Waals surface area contributed by atoms with Crippen molar-refractivity contribution in [2.45, 2.75) is 51.7 Å². The van der Waals surface area contributed by atoms with Gasteiger partial charge in [0.25, 0.3) is 0 Å². The standard InChI is InChI=1S/C24H29NO2.C4H4O4/c1-24(2)16-21-11-6-12-22(23(21)27-24)26-14-13-25-17-18-7-5-10-20(15-18)19-8-3-4-9-19;5-3(6)1-2-4(7)8/h5-8,10-12,15,25H,3-4,9,13-14,16-17H2,1-2H3;1-2H,(H,5,6)(H,7,8)/b;2-1+. The molecule has 0 bridgehead atoms. The van der Waals surface area contributed by atoms with Crippen molar-refractivity contribution in [3.8, 4) is 11.5 Å². The van der Waals surface area contributed by atoms with E-state index in [1.165, 1.54) is 41.5 Å². The van der Waals surface area contributed by atoms with Gasteiger partial charge in [-0.05, 0) is 55.9 Å². The molecule has 0 amide bonds. The Morgan fingerprint density at radius 1 is 1.11 bits per heavy atom. The first-order chi connectivity index (χ1) is 16.7. The summed E-state index contributed by atoms with van der Waals surface area (Å²) in [5, 5.41) is 19.1. The Labute approximate surface area is 206 Å². The van der Waals surface area contributed by atoms with Crippen molar-refractivity contribution in [3.63, 3.8) is 0 Å². The number of carbonyl (C=O) groups is 2. The summed E-state index contributed by atoms with van der Waals surface area (Å²) < 4.78 is 12.1. The number of hydrogen-bond donors (Lipinski definition) is 3. The molecule has 2 aliphatic rings. The Morgan fingerprint density at radius 3 is 2.54 bits per heavy atom. The molecule has 7 heteroatoms. The second-order valence-corrected chi connectivity index (χ2v) is 9.14. The summed E-state index contributed by atoms with van der Waals surface area (Å²) in [6.07, 6.45) is 8.15. The molecule has 3 N–H and O–H groups in total. The predicted molar refractivity (Wildman–Crippen MR) is 135 cm³/mol. The van der Waals surface area contributed by atoms with Crippen molar-refractivity contribution in [1.29, 1.82) is 0 Å². The average molecular weight is 480 g/mol. The number of rotatable bonds is 9. The van der Waals surface area contributed by atoms with E-state index < -0.39 is 11.9 Å². The normalized spacial score (nSPS) is 15.5. The monoisotopic (exact) mass is 479 g/mol. The topological polar surface area (TPSA) is 105 Å². The first kappa shape index (κ1) is 26.0. The molecule has 2 aromatic rings. The molecule has 35 heavy (non-hydrogen) atoms. The Hall–Kier alpha value is -3.58. The Morgan fingerprint density at radius 2 is 1.86 bits per heavy atom. The third-order valence-corrected chi connectivity index (χ3v) is 5.63. The third kappa shape index (κ3) is 8.30. The summed E-state index contributed by atoms with van der Waals surface area (Å²) in [7, 11) is 0. The molecule has 0 spiro atoms. The van der Waals surface area contributed by atoms with Crippen molar-refractivity contribution < 1.29 is 29.3 Å². The second kappa shape index (κ2) is 12.2.